The van der Waals surface area contributed by atoms with Crippen molar-refractivity contribution in [3.8, 4) is 0 Å². The van der Waals surface area contributed by atoms with Crippen molar-refractivity contribution in [1.29, 1.82) is 0 Å². The van der Waals surface area contributed by atoms with E-state index in [4.69, 9.17) is 11.6 Å². The van der Waals surface area contributed by atoms with Crippen LogP contribution in [0.15, 0.2) is 53.7 Å². The number of allylic oxidation sites excluding steroid dienone is 1. The number of Topliss-reactive ketones (excluding diaryl/α,β-unsaturated/α-hetero) is 1. The number of anilines is 3. The zero-order chi connectivity index (χ0) is 26.3. The lowest BCUT2D eigenvalue weighted by Crippen LogP contribution is -2.53. The normalized spacial score (nSPS) is 21.3. The van der Waals surface area contributed by atoms with Gasteiger partial charge in [0.05, 0.1) is 24.0 Å². The molecule has 196 valence electrons. The van der Waals surface area contributed by atoms with Crippen molar-refractivity contribution in [2.45, 2.75) is 53.0 Å². The van der Waals surface area contributed by atoms with Crippen LogP contribution >= 0.6 is 11.6 Å². The molecule has 6 nitrogen and oxygen atoms in total. The molecule has 0 bridgehead atoms. The van der Waals surface area contributed by atoms with Gasteiger partial charge in [-0.15, -0.1) is 0 Å². The summed E-state index contributed by atoms with van der Waals surface area (Å²) < 4.78 is 0. The zero-order valence-electron chi connectivity index (χ0n) is 22.3. The maximum atomic E-state index is 13.7. The van der Waals surface area contributed by atoms with Crippen LogP contribution in [0.1, 0.15) is 45.6 Å². The molecule has 0 aromatic heterocycles. The van der Waals surface area contributed by atoms with E-state index in [1.165, 1.54) is 5.56 Å². The average Bonchev–Trinajstić information content (AvgIpc) is 2.99. The van der Waals surface area contributed by atoms with Gasteiger partial charge in [-0.2, -0.15) is 0 Å². The fourth-order valence-electron chi connectivity index (χ4n) is 6.13. The van der Waals surface area contributed by atoms with Crippen LogP contribution in [0, 0.1) is 12.3 Å². The number of aryl methyl sites for hydroxylation is 1. The molecule has 0 radical (unpaired) electrons. The van der Waals surface area contributed by atoms with E-state index in [1.54, 1.807) is 0 Å². The molecule has 0 saturated carbocycles. The number of hydrogen-bond acceptors (Lipinski definition) is 5. The van der Waals surface area contributed by atoms with Gasteiger partial charge in [0.15, 0.2) is 5.78 Å². The van der Waals surface area contributed by atoms with Gasteiger partial charge in [0.2, 0.25) is 5.91 Å². The Labute approximate surface area is 225 Å². The lowest BCUT2D eigenvalue weighted by Gasteiger charge is -2.40. The Morgan fingerprint density at radius 3 is 2.51 bits per heavy atom. The van der Waals surface area contributed by atoms with E-state index in [0.29, 0.717) is 19.5 Å². The Morgan fingerprint density at radius 2 is 1.78 bits per heavy atom. The van der Waals surface area contributed by atoms with E-state index in [-0.39, 0.29) is 29.7 Å². The highest BCUT2D eigenvalue weighted by Gasteiger charge is 2.41. The van der Waals surface area contributed by atoms with Gasteiger partial charge in [-0.3, -0.25) is 9.59 Å². The van der Waals surface area contributed by atoms with Crippen molar-refractivity contribution < 1.29 is 9.59 Å². The number of carbonyl (C=O) groups is 2. The van der Waals surface area contributed by atoms with Crippen molar-refractivity contribution in [1.82, 2.24) is 4.90 Å². The number of nitrogens with one attached hydrogen (secondary N) is 1. The van der Waals surface area contributed by atoms with Gasteiger partial charge in [-0.1, -0.05) is 50.6 Å². The summed E-state index contributed by atoms with van der Waals surface area (Å²) in [7, 11) is 0. The van der Waals surface area contributed by atoms with E-state index in [9.17, 15) is 9.59 Å². The van der Waals surface area contributed by atoms with Gasteiger partial charge in [0, 0.05) is 54.6 Å². The van der Waals surface area contributed by atoms with Gasteiger partial charge in [0.25, 0.3) is 0 Å². The van der Waals surface area contributed by atoms with Crippen LogP contribution in [0.4, 0.5) is 17.1 Å². The van der Waals surface area contributed by atoms with Crippen LogP contribution in [0.3, 0.4) is 0 Å². The molecule has 1 unspecified atom stereocenters. The van der Waals surface area contributed by atoms with Crippen LogP contribution in [-0.2, 0) is 9.59 Å². The number of nitrogens with zero attached hydrogens (tertiary/aromatic N) is 3. The predicted octanol–water partition coefficient (Wildman–Crippen LogP) is 5.65. The Morgan fingerprint density at radius 1 is 1.05 bits per heavy atom. The Hall–Kier alpha value is -2.99. The Balaban J connectivity index is 1.38. The molecule has 2 aromatic rings. The number of halogens is 1. The number of piperazine rings is 1. The molecule has 1 fully saturated rings. The summed E-state index contributed by atoms with van der Waals surface area (Å²) in [6, 6.07) is 14.0. The Kier molecular flexibility index (Phi) is 6.97. The van der Waals surface area contributed by atoms with Gasteiger partial charge in [-0.25, -0.2) is 0 Å². The summed E-state index contributed by atoms with van der Waals surface area (Å²) in [5.74, 6) is 0.296. The third-order valence-corrected chi connectivity index (χ3v) is 8.20. The molecule has 1 N–H and O–H groups in total. The average molecular weight is 521 g/mol. The number of para-hydroxylation sites is 2. The largest absolute Gasteiger partial charge is 0.368 e. The molecule has 3 aliphatic rings. The number of hydrogen-bond donors (Lipinski definition) is 1. The van der Waals surface area contributed by atoms with Crippen LogP contribution in [-0.4, -0.2) is 55.4 Å². The van der Waals surface area contributed by atoms with E-state index in [0.717, 1.165) is 59.3 Å². The Bertz CT molecular complexity index is 1250. The van der Waals surface area contributed by atoms with Crippen molar-refractivity contribution in [3.05, 3.63) is 64.3 Å². The maximum absolute atomic E-state index is 13.7. The van der Waals surface area contributed by atoms with E-state index >= 15 is 0 Å². The fourth-order valence-corrected chi connectivity index (χ4v) is 6.30. The molecule has 1 aliphatic carbocycles. The first-order valence-electron chi connectivity index (χ1n) is 13.3. The second kappa shape index (κ2) is 10.1. The second-order valence-electron chi connectivity index (χ2n) is 11.3. The van der Waals surface area contributed by atoms with Gasteiger partial charge >= 0.3 is 0 Å². The predicted molar refractivity (Wildman–Crippen MR) is 152 cm³/mol. The van der Waals surface area contributed by atoms with Crippen molar-refractivity contribution in [3.63, 3.8) is 0 Å². The molecule has 37 heavy (non-hydrogen) atoms. The molecule has 5 rings (SSSR count). The first-order valence-corrected chi connectivity index (χ1v) is 13.7. The fraction of sp³-hybridized carbons (Fsp3) is 0.467. The second-order valence-corrected chi connectivity index (χ2v) is 11.8. The monoisotopic (exact) mass is 520 g/mol. The first kappa shape index (κ1) is 25.7. The summed E-state index contributed by atoms with van der Waals surface area (Å²) in [6.07, 6.45) is 2.12. The molecule has 1 amide bonds. The molecular formula is C30H37ClN4O2. The van der Waals surface area contributed by atoms with Crippen LogP contribution < -0.4 is 15.1 Å². The molecule has 0 spiro atoms. The summed E-state index contributed by atoms with van der Waals surface area (Å²) in [4.78, 5) is 33.6. The molecule has 1 atom stereocenters. The smallest absolute Gasteiger partial charge is 0.242 e. The molecule has 7 heteroatoms. The highest BCUT2D eigenvalue weighted by Crippen LogP contribution is 2.44. The topological polar surface area (TPSA) is 55.9 Å². The third-order valence-electron chi connectivity index (χ3n) is 7.96. The quantitative estimate of drug-likeness (QED) is 0.564. The van der Waals surface area contributed by atoms with Gasteiger partial charge < -0.3 is 20.0 Å². The number of carbonyl (C=O) groups excluding carboxylic acids is 2. The highest BCUT2D eigenvalue weighted by atomic mass is 35.5. The van der Waals surface area contributed by atoms with E-state index < -0.39 is 0 Å². The van der Waals surface area contributed by atoms with Gasteiger partial charge in [0.1, 0.15) is 0 Å². The van der Waals surface area contributed by atoms with Crippen LogP contribution in [0.5, 0.6) is 0 Å². The summed E-state index contributed by atoms with van der Waals surface area (Å²) in [5, 5.41) is 4.33. The van der Waals surface area contributed by atoms with Crippen molar-refractivity contribution >= 4 is 40.4 Å². The molecule has 2 aromatic carbocycles. The van der Waals surface area contributed by atoms with Crippen LogP contribution in [0.2, 0.25) is 5.02 Å². The molecule has 2 heterocycles. The van der Waals surface area contributed by atoms with E-state index in [1.807, 2.05) is 41.3 Å². The van der Waals surface area contributed by atoms with Crippen molar-refractivity contribution in [2.24, 2.45) is 5.41 Å². The van der Waals surface area contributed by atoms with Crippen LogP contribution in [0.25, 0.3) is 0 Å². The summed E-state index contributed by atoms with van der Waals surface area (Å²) in [5.41, 5.74) is 6.06. The lowest BCUT2D eigenvalue weighted by molar-refractivity contribution is -0.130. The minimum atomic E-state index is -0.130. The van der Waals surface area contributed by atoms with Crippen molar-refractivity contribution in [2.75, 3.05) is 47.8 Å². The zero-order valence-corrected chi connectivity index (χ0v) is 23.1. The summed E-state index contributed by atoms with van der Waals surface area (Å²) in [6.45, 7) is 11.6. The minimum absolute atomic E-state index is 0.0812. The number of amides is 1. The third kappa shape index (κ3) is 5.08. The first-order chi connectivity index (χ1) is 17.7. The molecule has 1 saturated heterocycles. The standard InChI is InChI=1S/C30H37ClN4O2/c1-5-24-29-23(17-30(3,4)18-27(29)36)32-22-8-6-7-9-25(22)35(24)19-28(37)34-14-12-33(13-15-34)26-16-21(31)11-10-20(26)2/h6-11,16,24,32H,5,12-15,17-19H2,1-4H3. The maximum Gasteiger partial charge on any atom is 0.242 e. The summed E-state index contributed by atoms with van der Waals surface area (Å²) >= 11 is 6.25. The van der Waals surface area contributed by atoms with Gasteiger partial charge in [-0.05, 0) is 55.0 Å². The highest BCUT2D eigenvalue weighted by molar-refractivity contribution is 6.30. The lowest BCUT2D eigenvalue weighted by atomic mass is 9.74. The number of fused-ring (bicyclic) bond motifs is 1. The number of rotatable bonds is 4. The molecular weight excluding hydrogens is 484 g/mol. The number of ketones is 1. The van der Waals surface area contributed by atoms with E-state index in [2.05, 4.69) is 48.9 Å². The number of benzene rings is 2. The molecule has 2 aliphatic heterocycles. The minimum Gasteiger partial charge on any atom is -0.368 e. The SMILES string of the molecule is CCC1C2=C(CC(C)(C)CC2=O)Nc2ccccc2N1CC(=O)N1CCN(c2cc(Cl)ccc2C)CC1.